The molecule has 0 spiro atoms. The first-order chi connectivity index (χ1) is 10.1. The van der Waals surface area contributed by atoms with E-state index in [9.17, 15) is 4.79 Å². The largest absolute Gasteiger partial charge is 0.344 e. The zero-order chi connectivity index (χ0) is 14.8. The van der Waals surface area contributed by atoms with Gasteiger partial charge >= 0.3 is 0 Å². The van der Waals surface area contributed by atoms with Crippen molar-refractivity contribution < 1.29 is 4.79 Å². The van der Waals surface area contributed by atoms with Gasteiger partial charge in [0.2, 0.25) is 0 Å². The van der Waals surface area contributed by atoms with E-state index in [0.29, 0.717) is 16.8 Å². The van der Waals surface area contributed by atoms with E-state index in [-0.39, 0.29) is 11.9 Å². The Labute approximate surface area is 127 Å². The van der Waals surface area contributed by atoms with Gasteiger partial charge in [0.15, 0.2) is 5.69 Å². The van der Waals surface area contributed by atoms with Crippen molar-refractivity contribution in [3.05, 3.63) is 46.7 Å². The highest BCUT2D eigenvalue weighted by atomic mass is 35.5. The average Bonchev–Trinajstić information content (AvgIpc) is 2.86. The Morgan fingerprint density at radius 1 is 1.43 bits per heavy atom. The number of nitrogens with zero attached hydrogens (tertiary/aromatic N) is 3. The Balaban J connectivity index is 1.65. The van der Waals surface area contributed by atoms with E-state index in [2.05, 4.69) is 20.9 Å². The van der Waals surface area contributed by atoms with Crippen molar-refractivity contribution in [3.8, 4) is 0 Å². The molecule has 1 aliphatic rings. The van der Waals surface area contributed by atoms with Crippen LogP contribution in [0, 0.1) is 0 Å². The maximum Gasteiger partial charge on any atom is 0.273 e. The number of rotatable bonds is 4. The Morgan fingerprint density at radius 3 is 2.76 bits per heavy atom. The molecule has 0 bridgehead atoms. The summed E-state index contributed by atoms with van der Waals surface area (Å²) < 4.78 is 1.73. The summed E-state index contributed by atoms with van der Waals surface area (Å²) in [6.07, 6.45) is 1.69. The number of benzene rings is 1. The molecule has 1 aromatic heterocycles. The van der Waals surface area contributed by atoms with Crippen LogP contribution in [-0.4, -0.2) is 34.0 Å². The lowest BCUT2D eigenvalue weighted by Crippen LogP contribution is -2.43. The smallest absolute Gasteiger partial charge is 0.273 e. The number of aromatic nitrogens is 3. The number of carbonyl (C=O) groups excluding carboxylic acids is 1. The van der Waals surface area contributed by atoms with E-state index in [1.165, 1.54) is 0 Å². The van der Waals surface area contributed by atoms with Crippen molar-refractivity contribution in [1.29, 1.82) is 0 Å². The molecule has 3 rings (SSSR count). The van der Waals surface area contributed by atoms with Gasteiger partial charge in [-0.25, -0.2) is 4.68 Å². The van der Waals surface area contributed by atoms with Gasteiger partial charge < -0.3 is 10.6 Å². The fourth-order valence-corrected chi connectivity index (χ4v) is 2.25. The normalized spacial score (nSPS) is 16.3. The average molecular weight is 306 g/mol. The van der Waals surface area contributed by atoms with Crippen molar-refractivity contribution in [2.24, 2.45) is 0 Å². The van der Waals surface area contributed by atoms with Crippen LogP contribution in [0.3, 0.4) is 0 Å². The molecule has 2 heterocycles. The van der Waals surface area contributed by atoms with E-state index in [1.54, 1.807) is 23.0 Å². The van der Waals surface area contributed by atoms with Gasteiger partial charge in [-0.2, -0.15) is 0 Å². The monoisotopic (exact) mass is 305 g/mol. The van der Waals surface area contributed by atoms with Gasteiger partial charge in [0.05, 0.1) is 18.3 Å². The van der Waals surface area contributed by atoms with Crippen LogP contribution in [0.25, 0.3) is 0 Å². The number of hydrogen-bond acceptors (Lipinski definition) is 4. The predicted molar refractivity (Wildman–Crippen MR) is 79.3 cm³/mol. The minimum Gasteiger partial charge on any atom is -0.344 e. The van der Waals surface area contributed by atoms with Gasteiger partial charge in [0, 0.05) is 18.1 Å². The van der Waals surface area contributed by atoms with Gasteiger partial charge in [-0.05, 0) is 24.6 Å². The first kappa shape index (κ1) is 14.0. The fourth-order valence-electron chi connectivity index (χ4n) is 2.13. The third-order valence-corrected chi connectivity index (χ3v) is 3.85. The van der Waals surface area contributed by atoms with Crippen LogP contribution in [0.2, 0.25) is 5.02 Å². The molecule has 1 aliphatic heterocycles. The number of hydrogen-bond donors (Lipinski definition) is 2. The molecule has 1 saturated heterocycles. The first-order valence-corrected chi connectivity index (χ1v) is 7.20. The molecule has 1 atom stereocenters. The van der Waals surface area contributed by atoms with E-state index in [1.807, 2.05) is 19.1 Å². The highest BCUT2D eigenvalue weighted by molar-refractivity contribution is 6.30. The lowest BCUT2D eigenvalue weighted by molar-refractivity contribution is 0.0934. The molecular formula is C14H16ClN5O. The molecule has 1 unspecified atom stereocenters. The molecule has 1 amide bonds. The molecule has 0 aliphatic carbocycles. The van der Waals surface area contributed by atoms with Gasteiger partial charge in [0.25, 0.3) is 5.91 Å². The highest BCUT2D eigenvalue weighted by Crippen LogP contribution is 2.16. The molecule has 1 aromatic carbocycles. The summed E-state index contributed by atoms with van der Waals surface area (Å²) in [4.78, 5) is 12.2. The number of carbonyl (C=O) groups is 1. The molecule has 0 saturated carbocycles. The summed E-state index contributed by atoms with van der Waals surface area (Å²) >= 11 is 5.86. The predicted octanol–water partition coefficient (Wildman–Crippen LogP) is 1.57. The molecule has 6 nitrogen and oxygen atoms in total. The minimum absolute atomic E-state index is 0.120. The van der Waals surface area contributed by atoms with Crippen molar-refractivity contribution in [2.75, 3.05) is 13.1 Å². The fraction of sp³-hybridized carbons (Fsp3) is 0.357. The minimum atomic E-state index is -0.226. The Hall–Kier alpha value is -1.92. The molecular weight excluding hydrogens is 290 g/mol. The van der Waals surface area contributed by atoms with Crippen LogP contribution >= 0.6 is 11.6 Å². The van der Waals surface area contributed by atoms with Gasteiger partial charge in [-0.3, -0.25) is 4.79 Å². The Bertz CT molecular complexity index is 635. The Morgan fingerprint density at radius 2 is 2.14 bits per heavy atom. The van der Waals surface area contributed by atoms with Gasteiger partial charge in [-0.15, -0.1) is 5.10 Å². The summed E-state index contributed by atoms with van der Waals surface area (Å²) in [5, 5.41) is 14.7. The molecule has 21 heavy (non-hydrogen) atoms. The van der Waals surface area contributed by atoms with E-state index in [0.717, 1.165) is 18.7 Å². The molecule has 7 heteroatoms. The quantitative estimate of drug-likeness (QED) is 0.899. The van der Waals surface area contributed by atoms with Crippen LogP contribution in [-0.2, 0) is 0 Å². The molecule has 110 valence electrons. The Kier molecular flexibility index (Phi) is 3.90. The summed E-state index contributed by atoms with van der Waals surface area (Å²) in [5.74, 6) is -0.226. The summed E-state index contributed by atoms with van der Waals surface area (Å²) in [5.41, 5.74) is 1.33. The SMILES string of the molecule is CC(NC(=O)c1cn(C2CNC2)nn1)c1ccc(Cl)cc1. The van der Waals surface area contributed by atoms with Crippen LogP contribution in [0.4, 0.5) is 0 Å². The van der Waals surface area contributed by atoms with E-state index < -0.39 is 0 Å². The summed E-state index contributed by atoms with van der Waals surface area (Å²) in [6, 6.07) is 7.57. The van der Waals surface area contributed by atoms with E-state index >= 15 is 0 Å². The second-order valence-corrected chi connectivity index (χ2v) is 5.58. The first-order valence-electron chi connectivity index (χ1n) is 6.82. The van der Waals surface area contributed by atoms with Crippen LogP contribution < -0.4 is 10.6 Å². The lowest BCUT2D eigenvalue weighted by atomic mass is 10.1. The maximum atomic E-state index is 12.2. The summed E-state index contributed by atoms with van der Waals surface area (Å²) in [7, 11) is 0. The van der Waals surface area contributed by atoms with Crippen molar-refractivity contribution in [1.82, 2.24) is 25.6 Å². The van der Waals surface area contributed by atoms with Crippen molar-refractivity contribution in [2.45, 2.75) is 19.0 Å². The molecule has 2 N–H and O–H groups in total. The van der Waals surface area contributed by atoms with Crippen molar-refractivity contribution >= 4 is 17.5 Å². The third-order valence-electron chi connectivity index (χ3n) is 3.59. The highest BCUT2D eigenvalue weighted by Gasteiger charge is 2.22. The van der Waals surface area contributed by atoms with E-state index in [4.69, 9.17) is 11.6 Å². The lowest BCUT2D eigenvalue weighted by Gasteiger charge is -2.26. The zero-order valence-corrected chi connectivity index (χ0v) is 12.3. The van der Waals surface area contributed by atoms with Crippen molar-refractivity contribution in [3.63, 3.8) is 0 Å². The standard InChI is InChI=1S/C14H16ClN5O/c1-9(10-2-4-11(15)5-3-10)17-14(21)13-8-20(19-18-13)12-6-16-7-12/h2-5,8-9,12,16H,6-7H2,1H3,(H,17,21). The second-order valence-electron chi connectivity index (χ2n) is 5.14. The molecule has 2 aromatic rings. The molecule has 1 fully saturated rings. The second kappa shape index (κ2) is 5.83. The number of amides is 1. The van der Waals surface area contributed by atoms with Gasteiger partial charge in [-0.1, -0.05) is 28.9 Å². The number of nitrogens with one attached hydrogen (secondary N) is 2. The number of halogens is 1. The van der Waals surface area contributed by atoms with Gasteiger partial charge in [0.1, 0.15) is 0 Å². The zero-order valence-electron chi connectivity index (χ0n) is 11.6. The third kappa shape index (κ3) is 3.06. The summed E-state index contributed by atoms with van der Waals surface area (Å²) in [6.45, 7) is 3.65. The maximum absolute atomic E-state index is 12.2. The van der Waals surface area contributed by atoms with Crippen LogP contribution in [0.1, 0.15) is 35.1 Å². The van der Waals surface area contributed by atoms with Crippen LogP contribution in [0.15, 0.2) is 30.5 Å². The molecule has 0 radical (unpaired) electrons. The van der Waals surface area contributed by atoms with Crippen LogP contribution in [0.5, 0.6) is 0 Å². The topological polar surface area (TPSA) is 71.8 Å².